The van der Waals surface area contributed by atoms with Gasteiger partial charge in [-0.25, -0.2) is 4.39 Å². The molecule has 2 rings (SSSR count). The Bertz CT molecular complexity index is 370. The monoisotopic (exact) mass is 242 g/mol. The molecule has 0 radical (unpaired) electrons. The maximum atomic E-state index is 13.2. The lowest BCUT2D eigenvalue weighted by Crippen LogP contribution is -2.22. The van der Waals surface area contributed by atoms with Crippen molar-refractivity contribution >= 4 is 11.6 Å². The van der Waals surface area contributed by atoms with E-state index in [2.05, 4.69) is 4.90 Å². The Morgan fingerprint density at radius 1 is 1.50 bits per heavy atom. The van der Waals surface area contributed by atoms with Crippen LogP contribution in [0.5, 0.6) is 0 Å². The molecule has 0 spiro atoms. The molecule has 2 nitrogen and oxygen atoms in total. The number of nitrogens with two attached hydrogens (primary N) is 1. The van der Waals surface area contributed by atoms with Gasteiger partial charge < -0.3 is 5.73 Å². The number of halogens is 2. The molecule has 0 bridgehead atoms. The lowest BCUT2D eigenvalue weighted by atomic mass is 10.1. The van der Waals surface area contributed by atoms with Crippen LogP contribution < -0.4 is 5.73 Å². The van der Waals surface area contributed by atoms with Gasteiger partial charge in [0.25, 0.3) is 0 Å². The van der Waals surface area contributed by atoms with E-state index < -0.39 is 0 Å². The molecule has 1 atom stereocenters. The summed E-state index contributed by atoms with van der Waals surface area (Å²) >= 11 is 5.64. The molecule has 1 aliphatic rings. The van der Waals surface area contributed by atoms with Crippen molar-refractivity contribution in [2.45, 2.75) is 13.0 Å². The summed E-state index contributed by atoms with van der Waals surface area (Å²) in [6.45, 7) is 3.59. The molecule has 88 valence electrons. The second-order valence-corrected chi connectivity index (χ2v) is 4.78. The molecule has 4 heteroatoms. The SMILES string of the molecule is NCC1CCN(Cc2ccc(Cl)c(F)c2)C1. The van der Waals surface area contributed by atoms with Gasteiger partial charge in [0, 0.05) is 13.1 Å². The predicted molar refractivity (Wildman–Crippen MR) is 63.8 cm³/mol. The quantitative estimate of drug-likeness (QED) is 0.881. The van der Waals surface area contributed by atoms with Crippen LogP contribution in [0.2, 0.25) is 5.02 Å². The average molecular weight is 243 g/mol. The van der Waals surface area contributed by atoms with E-state index >= 15 is 0 Å². The zero-order valence-electron chi connectivity index (χ0n) is 9.13. The van der Waals surface area contributed by atoms with Gasteiger partial charge in [0.2, 0.25) is 0 Å². The van der Waals surface area contributed by atoms with Crippen LogP contribution in [0.4, 0.5) is 4.39 Å². The summed E-state index contributed by atoms with van der Waals surface area (Å²) in [5.74, 6) is 0.255. The van der Waals surface area contributed by atoms with Crippen molar-refractivity contribution in [2.24, 2.45) is 11.7 Å². The average Bonchev–Trinajstić information content (AvgIpc) is 2.71. The van der Waals surface area contributed by atoms with E-state index in [0.717, 1.165) is 38.2 Å². The van der Waals surface area contributed by atoms with Crippen LogP contribution in [0.15, 0.2) is 18.2 Å². The molecule has 1 saturated heterocycles. The molecule has 0 aromatic heterocycles. The fraction of sp³-hybridized carbons (Fsp3) is 0.500. The number of nitrogens with zero attached hydrogens (tertiary/aromatic N) is 1. The molecule has 1 unspecified atom stereocenters. The zero-order valence-corrected chi connectivity index (χ0v) is 9.88. The second kappa shape index (κ2) is 5.13. The zero-order chi connectivity index (χ0) is 11.5. The Morgan fingerprint density at radius 2 is 2.31 bits per heavy atom. The van der Waals surface area contributed by atoms with Crippen molar-refractivity contribution < 1.29 is 4.39 Å². The third-order valence-corrected chi connectivity index (χ3v) is 3.40. The van der Waals surface area contributed by atoms with E-state index in [1.54, 1.807) is 6.07 Å². The molecule has 1 aliphatic heterocycles. The first-order valence-electron chi connectivity index (χ1n) is 5.55. The van der Waals surface area contributed by atoms with Crippen LogP contribution in [0.3, 0.4) is 0 Å². The van der Waals surface area contributed by atoms with Crippen LogP contribution >= 0.6 is 11.6 Å². The van der Waals surface area contributed by atoms with E-state index in [4.69, 9.17) is 17.3 Å². The normalized spacial score (nSPS) is 21.6. The summed E-state index contributed by atoms with van der Waals surface area (Å²) in [6, 6.07) is 5.00. The van der Waals surface area contributed by atoms with E-state index in [9.17, 15) is 4.39 Å². The fourth-order valence-corrected chi connectivity index (χ4v) is 2.26. The van der Waals surface area contributed by atoms with E-state index in [0.29, 0.717) is 5.92 Å². The molecule has 1 aromatic rings. The van der Waals surface area contributed by atoms with Gasteiger partial charge in [-0.05, 0) is 43.1 Å². The highest BCUT2D eigenvalue weighted by Gasteiger charge is 2.21. The third kappa shape index (κ3) is 2.73. The highest BCUT2D eigenvalue weighted by molar-refractivity contribution is 6.30. The van der Waals surface area contributed by atoms with Crippen LogP contribution in [0, 0.1) is 11.7 Å². The van der Waals surface area contributed by atoms with Gasteiger partial charge in [-0.3, -0.25) is 4.90 Å². The topological polar surface area (TPSA) is 29.3 Å². The Hall–Kier alpha value is -0.640. The first-order chi connectivity index (χ1) is 7.69. The number of benzene rings is 1. The Kier molecular flexibility index (Phi) is 3.79. The molecule has 0 amide bonds. The molecule has 0 aliphatic carbocycles. The molecule has 1 heterocycles. The number of likely N-dealkylation sites (tertiary alicyclic amines) is 1. The maximum absolute atomic E-state index is 13.2. The highest BCUT2D eigenvalue weighted by atomic mass is 35.5. The van der Waals surface area contributed by atoms with Gasteiger partial charge in [-0.2, -0.15) is 0 Å². The minimum Gasteiger partial charge on any atom is -0.330 e. The molecular weight excluding hydrogens is 227 g/mol. The lowest BCUT2D eigenvalue weighted by Gasteiger charge is -2.15. The summed E-state index contributed by atoms with van der Waals surface area (Å²) in [7, 11) is 0. The summed E-state index contributed by atoms with van der Waals surface area (Å²) < 4.78 is 13.2. The largest absolute Gasteiger partial charge is 0.330 e. The van der Waals surface area contributed by atoms with Gasteiger partial charge in [0.05, 0.1) is 5.02 Å². The summed E-state index contributed by atoms with van der Waals surface area (Å²) in [4.78, 5) is 2.31. The van der Waals surface area contributed by atoms with Crippen LogP contribution in [0.25, 0.3) is 0 Å². The predicted octanol–water partition coefficient (Wildman–Crippen LogP) is 2.26. The smallest absolute Gasteiger partial charge is 0.142 e. The minimum absolute atomic E-state index is 0.185. The first-order valence-corrected chi connectivity index (χ1v) is 5.93. The molecular formula is C12H16ClFN2. The molecule has 0 saturated carbocycles. The summed E-state index contributed by atoms with van der Waals surface area (Å²) in [5.41, 5.74) is 6.60. The highest BCUT2D eigenvalue weighted by Crippen LogP contribution is 2.20. The van der Waals surface area contributed by atoms with E-state index in [1.165, 1.54) is 6.07 Å². The minimum atomic E-state index is -0.339. The van der Waals surface area contributed by atoms with Crippen LogP contribution in [-0.2, 0) is 6.54 Å². The molecule has 1 fully saturated rings. The summed E-state index contributed by atoms with van der Waals surface area (Å²) in [5, 5.41) is 0.185. The standard InChI is InChI=1S/C12H16ClFN2/c13-11-2-1-9(5-12(11)14)7-16-4-3-10(6-15)8-16/h1-2,5,10H,3-4,6-8,15H2. The third-order valence-electron chi connectivity index (χ3n) is 3.09. The van der Waals surface area contributed by atoms with Crippen molar-refractivity contribution in [3.05, 3.63) is 34.6 Å². The lowest BCUT2D eigenvalue weighted by molar-refractivity contribution is 0.317. The fourth-order valence-electron chi connectivity index (χ4n) is 2.15. The Labute approximate surface area is 100 Å². The summed E-state index contributed by atoms with van der Waals surface area (Å²) in [6.07, 6.45) is 1.15. The van der Waals surface area contributed by atoms with Gasteiger partial charge in [0.15, 0.2) is 0 Å². The van der Waals surface area contributed by atoms with Crippen LogP contribution in [-0.4, -0.2) is 24.5 Å². The Morgan fingerprint density at radius 3 is 2.94 bits per heavy atom. The van der Waals surface area contributed by atoms with Crippen molar-refractivity contribution in [1.82, 2.24) is 4.90 Å². The van der Waals surface area contributed by atoms with Crippen molar-refractivity contribution in [3.8, 4) is 0 Å². The molecule has 1 aromatic carbocycles. The maximum Gasteiger partial charge on any atom is 0.142 e. The van der Waals surface area contributed by atoms with Gasteiger partial charge in [-0.1, -0.05) is 17.7 Å². The van der Waals surface area contributed by atoms with Gasteiger partial charge >= 0.3 is 0 Å². The van der Waals surface area contributed by atoms with E-state index in [-0.39, 0.29) is 10.8 Å². The van der Waals surface area contributed by atoms with Crippen molar-refractivity contribution in [3.63, 3.8) is 0 Å². The van der Waals surface area contributed by atoms with Crippen molar-refractivity contribution in [2.75, 3.05) is 19.6 Å². The second-order valence-electron chi connectivity index (χ2n) is 4.37. The Balaban J connectivity index is 1.97. The first kappa shape index (κ1) is 11.8. The number of rotatable bonds is 3. The number of hydrogen-bond donors (Lipinski definition) is 1. The van der Waals surface area contributed by atoms with Gasteiger partial charge in [0.1, 0.15) is 5.82 Å². The van der Waals surface area contributed by atoms with E-state index in [1.807, 2.05) is 6.07 Å². The number of hydrogen-bond acceptors (Lipinski definition) is 2. The van der Waals surface area contributed by atoms with Crippen molar-refractivity contribution in [1.29, 1.82) is 0 Å². The van der Waals surface area contributed by atoms with Gasteiger partial charge in [-0.15, -0.1) is 0 Å². The molecule has 16 heavy (non-hydrogen) atoms. The molecule has 2 N–H and O–H groups in total. The van der Waals surface area contributed by atoms with Crippen LogP contribution in [0.1, 0.15) is 12.0 Å².